The Hall–Kier alpha value is -3.78. The number of fused-ring (bicyclic) bond motifs is 1. The topological polar surface area (TPSA) is 90.3 Å². The maximum atomic E-state index is 13.0. The van der Waals surface area contributed by atoms with Crippen LogP contribution in [0.3, 0.4) is 0 Å². The molecule has 0 unspecified atom stereocenters. The fourth-order valence-electron chi connectivity index (χ4n) is 4.06. The van der Waals surface area contributed by atoms with Crippen molar-refractivity contribution in [2.75, 3.05) is 11.9 Å². The molecule has 0 aliphatic heterocycles. The van der Waals surface area contributed by atoms with Gasteiger partial charge >= 0.3 is 5.97 Å². The van der Waals surface area contributed by atoms with Crippen molar-refractivity contribution >= 4 is 39.1 Å². The second-order valence-electron chi connectivity index (χ2n) is 8.21. The molecule has 8 heteroatoms. The SMILES string of the molecule is CCOC(=O)c1c(C2CC2)csc1NC(=O)c1ccc(-n2c(C)nc3ccccc3c2=O)cc1. The third kappa shape index (κ3) is 4.01. The number of nitrogens with zero attached hydrogens (tertiary/aromatic N) is 2. The van der Waals surface area contributed by atoms with Gasteiger partial charge < -0.3 is 10.1 Å². The average molecular weight is 474 g/mol. The summed E-state index contributed by atoms with van der Waals surface area (Å²) in [6.07, 6.45) is 2.08. The number of carbonyl (C=O) groups is 2. The van der Waals surface area contributed by atoms with Crippen LogP contribution in [0.25, 0.3) is 16.6 Å². The summed E-state index contributed by atoms with van der Waals surface area (Å²) >= 11 is 1.34. The summed E-state index contributed by atoms with van der Waals surface area (Å²) in [4.78, 5) is 43.1. The van der Waals surface area contributed by atoms with Crippen molar-refractivity contribution in [1.29, 1.82) is 0 Å². The van der Waals surface area contributed by atoms with E-state index in [0.717, 1.165) is 18.4 Å². The first kappa shape index (κ1) is 22.0. The van der Waals surface area contributed by atoms with Crippen LogP contribution in [0.1, 0.15) is 57.8 Å². The summed E-state index contributed by atoms with van der Waals surface area (Å²) in [6.45, 7) is 3.81. The highest BCUT2D eigenvalue weighted by molar-refractivity contribution is 7.15. The number of anilines is 1. The summed E-state index contributed by atoms with van der Waals surface area (Å²) in [5.74, 6) is 0.181. The summed E-state index contributed by atoms with van der Waals surface area (Å²) in [6, 6.07) is 14.0. The number of ether oxygens (including phenoxy) is 1. The van der Waals surface area contributed by atoms with Gasteiger partial charge in [-0.05, 0) is 79.9 Å². The molecule has 4 aromatic rings. The number of rotatable bonds is 6. The highest BCUT2D eigenvalue weighted by atomic mass is 32.1. The van der Waals surface area contributed by atoms with Crippen LogP contribution in [0.15, 0.2) is 58.7 Å². The molecule has 0 spiro atoms. The van der Waals surface area contributed by atoms with Crippen molar-refractivity contribution in [3.8, 4) is 5.69 Å². The van der Waals surface area contributed by atoms with E-state index in [9.17, 15) is 14.4 Å². The predicted octanol–water partition coefficient (Wildman–Crippen LogP) is 5.06. The van der Waals surface area contributed by atoms with Crippen LogP contribution in [-0.4, -0.2) is 28.0 Å². The lowest BCUT2D eigenvalue weighted by Crippen LogP contribution is -2.22. The summed E-state index contributed by atoms with van der Waals surface area (Å²) < 4.78 is 6.76. The number of aryl methyl sites for hydroxylation is 1. The molecule has 2 aromatic heterocycles. The van der Waals surface area contributed by atoms with Gasteiger partial charge in [-0.2, -0.15) is 0 Å². The number of esters is 1. The molecule has 1 aliphatic rings. The van der Waals surface area contributed by atoms with Gasteiger partial charge in [-0.15, -0.1) is 11.3 Å². The van der Waals surface area contributed by atoms with E-state index in [1.54, 1.807) is 44.2 Å². The van der Waals surface area contributed by atoms with Crippen LogP contribution in [0, 0.1) is 6.92 Å². The Labute approximate surface area is 200 Å². The second-order valence-corrected chi connectivity index (χ2v) is 9.09. The molecule has 2 aromatic carbocycles. The third-order valence-corrected chi connectivity index (χ3v) is 6.79. The average Bonchev–Trinajstić information content (AvgIpc) is 3.59. The van der Waals surface area contributed by atoms with Gasteiger partial charge in [0.15, 0.2) is 0 Å². The number of hydrogen-bond acceptors (Lipinski definition) is 6. The molecule has 0 atom stereocenters. The standard InChI is InChI=1S/C26H23N3O4S/c1-3-33-26(32)22-20(16-8-9-16)14-34-24(22)28-23(30)17-10-12-18(13-11-17)29-15(2)27-21-7-5-4-6-19(21)25(29)31/h4-7,10-14,16H,3,8-9H2,1-2H3,(H,28,30). The van der Waals surface area contributed by atoms with E-state index in [2.05, 4.69) is 10.3 Å². The number of para-hydroxylation sites is 1. The van der Waals surface area contributed by atoms with Gasteiger partial charge in [0, 0.05) is 5.56 Å². The fourth-order valence-corrected chi connectivity index (χ4v) is 5.08. The lowest BCUT2D eigenvalue weighted by atomic mass is 10.1. The Morgan fingerprint density at radius 1 is 1.15 bits per heavy atom. The van der Waals surface area contributed by atoms with Crippen molar-refractivity contribution in [1.82, 2.24) is 9.55 Å². The Kier molecular flexibility index (Phi) is 5.75. The van der Waals surface area contributed by atoms with Gasteiger partial charge in [0.05, 0.1) is 28.8 Å². The minimum atomic E-state index is -0.407. The quantitative estimate of drug-likeness (QED) is 0.395. The zero-order valence-electron chi connectivity index (χ0n) is 18.8. The molecule has 7 nitrogen and oxygen atoms in total. The van der Waals surface area contributed by atoms with Crippen LogP contribution >= 0.6 is 11.3 Å². The fraction of sp³-hybridized carbons (Fsp3) is 0.231. The molecule has 34 heavy (non-hydrogen) atoms. The van der Waals surface area contributed by atoms with E-state index in [1.807, 2.05) is 23.6 Å². The minimum Gasteiger partial charge on any atom is -0.462 e. The first-order valence-corrected chi connectivity index (χ1v) is 12.0. The van der Waals surface area contributed by atoms with E-state index in [4.69, 9.17) is 4.74 Å². The van der Waals surface area contributed by atoms with Gasteiger partial charge in [0.1, 0.15) is 10.8 Å². The van der Waals surface area contributed by atoms with Crippen LogP contribution in [-0.2, 0) is 4.74 Å². The van der Waals surface area contributed by atoms with Gasteiger partial charge in [-0.1, -0.05) is 12.1 Å². The lowest BCUT2D eigenvalue weighted by molar-refractivity contribution is 0.0527. The van der Waals surface area contributed by atoms with E-state index in [1.165, 1.54) is 15.9 Å². The van der Waals surface area contributed by atoms with Crippen LogP contribution in [0.4, 0.5) is 5.00 Å². The van der Waals surface area contributed by atoms with Crippen molar-refractivity contribution in [2.24, 2.45) is 0 Å². The van der Waals surface area contributed by atoms with Crippen molar-refractivity contribution < 1.29 is 14.3 Å². The molecule has 172 valence electrons. The molecule has 1 aliphatic carbocycles. The van der Waals surface area contributed by atoms with Crippen molar-refractivity contribution in [3.05, 3.63) is 86.8 Å². The second kappa shape index (κ2) is 8.87. The maximum Gasteiger partial charge on any atom is 0.341 e. The zero-order chi connectivity index (χ0) is 23.8. The normalized spacial score (nSPS) is 13.1. The molecule has 5 rings (SSSR count). The Morgan fingerprint density at radius 3 is 2.59 bits per heavy atom. The first-order chi connectivity index (χ1) is 16.5. The largest absolute Gasteiger partial charge is 0.462 e. The predicted molar refractivity (Wildman–Crippen MR) is 132 cm³/mol. The minimum absolute atomic E-state index is 0.162. The molecule has 0 bridgehead atoms. The van der Waals surface area contributed by atoms with Crippen molar-refractivity contribution in [2.45, 2.75) is 32.6 Å². The number of amides is 1. The van der Waals surface area contributed by atoms with Crippen LogP contribution in [0.5, 0.6) is 0 Å². The van der Waals surface area contributed by atoms with E-state index in [-0.39, 0.29) is 18.1 Å². The van der Waals surface area contributed by atoms with Gasteiger partial charge in [-0.3, -0.25) is 14.2 Å². The smallest absolute Gasteiger partial charge is 0.341 e. The van der Waals surface area contributed by atoms with Crippen LogP contribution < -0.4 is 10.9 Å². The number of thiophene rings is 1. The first-order valence-electron chi connectivity index (χ1n) is 11.2. The molecular formula is C26H23N3O4S. The lowest BCUT2D eigenvalue weighted by Gasteiger charge is -2.12. The molecule has 1 amide bonds. The monoisotopic (exact) mass is 473 g/mol. The Morgan fingerprint density at radius 2 is 1.88 bits per heavy atom. The molecule has 0 radical (unpaired) electrons. The molecule has 1 N–H and O–H groups in total. The number of aromatic nitrogens is 2. The summed E-state index contributed by atoms with van der Waals surface area (Å²) in [5, 5.41) is 5.84. The van der Waals surface area contributed by atoms with Crippen molar-refractivity contribution in [3.63, 3.8) is 0 Å². The number of nitrogens with one attached hydrogen (secondary N) is 1. The summed E-state index contributed by atoms with van der Waals surface area (Å²) in [7, 11) is 0. The molecule has 0 saturated heterocycles. The molecular weight excluding hydrogens is 450 g/mol. The maximum absolute atomic E-state index is 13.0. The number of carbonyl (C=O) groups excluding carboxylic acids is 2. The number of benzene rings is 2. The summed E-state index contributed by atoms with van der Waals surface area (Å²) in [5.41, 5.74) is 2.94. The van der Waals surface area contributed by atoms with E-state index < -0.39 is 5.97 Å². The highest BCUT2D eigenvalue weighted by Gasteiger charge is 2.32. The van der Waals surface area contributed by atoms with E-state index in [0.29, 0.717) is 44.5 Å². The van der Waals surface area contributed by atoms with E-state index >= 15 is 0 Å². The Balaban J connectivity index is 1.42. The highest BCUT2D eigenvalue weighted by Crippen LogP contribution is 2.46. The van der Waals surface area contributed by atoms with Gasteiger partial charge in [-0.25, -0.2) is 9.78 Å². The zero-order valence-corrected chi connectivity index (χ0v) is 19.6. The third-order valence-electron chi connectivity index (χ3n) is 5.87. The number of hydrogen-bond donors (Lipinski definition) is 1. The van der Waals surface area contributed by atoms with Gasteiger partial charge in [0.25, 0.3) is 11.5 Å². The molecule has 1 saturated carbocycles. The molecule has 1 fully saturated rings. The van der Waals surface area contributed by atoms with Gasteiger partial charge in [0.2, 0.25) is 0 Å². The van der Waals surface area contributed by atoms with Crippen LogP contribution in [0.2, 0.25) is 0 Å². The Bertz CT molecular complexity index is 1470. The molecule has 2 heterocycles.